The first-order chi connectivity index (χ1) is 14.4. The molecule has 0 saturated carbocycles. The van der Waals surface area contributed by atoms with Crippen LogP contribution in [0, 0.1) is 10.1 Å². The predicted octanol–water partition coefficient (Wildman–Crippen LogP) is 2.93. The molecule has 0 aromatic heterocycles. The molecule has 2 heterocycles. The number of dihydropyridines is 1. The Morgan fingerprint density at radius 3 is 2.60 bits per heavy atom. The van der Waals surface area contributed by atoms with E-state index in [0.29, 0.717) is 16.8 Å². The largest absolute Gasteiger partial charge is 0.466 e. The van der Waals surface area contributed by atoms with Gasteiger partial charge in [0.1, 0.15) is 0 Å². The van der Waals surface area contributed by atoms with Gasteiger partial charge in [0.25, 0.3) is 5.69 Å². The zero-order valence-corrected chi connectivity index (χ0v) is 18.2. The van der Waals surface area contributed by atoms with Crippen molar-refractivity contribution in [3.8, 4) is 0 Å². The summed E-state index contributed by atoms with van der Waals surface area (Å²) in [5.41, 5.74) is 2.72. The molecule has 1 aromatic carbocycles. The number of carbonyl (C=O) groups excluding carboxylic acids is 1. The summed E-state index contributed by atoms with van der Waals surface area (Å²) in [7, 11) is 1.32. The Morgan fingerprint density at radius 2 is 2.00 bits per heavy atom. The van der Waals surface area contributed by atoms with Gasteiger partial charge in [-0.3, -0.25) is 10.1 Å². The van der Waals surface area contributed by atoms with E-state index in [2.05, 4.69) is 22.5 Å². The van der Waals surface area contributed by atoms with Gasteiger partial charge in [-0.05, 0) is 32.4 Å². The lowest BCUT2D eigenvalue weighted by atomic mass is 9.86. The first-order valence-electron chi connectivity index (χ1n) is 10.3. The highest BCUT2D eigenvalue weighted by atomic mass is 16.6. The zero-order valence-electron chi connectivity index (χ0n) is 18.2. The van der Waals surface area contributed by atoms with Crippen molar-refractivity contribution in [2.45, 2.75) is 33.1 Å². The maximum Gasteiger partial charge on any atom is 0.336 e. The van der Waals surface area contributed by atoms with E-state index in [9.17, 15) is 14.9 Å². The molecule has 8 heteroatoms. The smallest absolute Gasteiger partial charge is 0.336 e. The molecule has 3 rings (SSSR count). The summed E-state index contributed by atoms with van der Waals surface area (Å²) in [4.78, 5) is 25.0. The molecule has 1 saturated heterocycles. The summed E-state index contributed by atoms with van der Waals surface area (Å²) in [6.07, 6.45) is 3.15. The van der Waals surface area contributed by atoms with Crippen molar-refractivity contribution in [3.63, 3.8) is 0 Å². The second kappa shape index (κ2) is 11.5. The van der Waals surface area contributed by atoms with E-state index in [1.54, 1.807) is 19.1 Å². The van der Waals surface area contributed by atoms with Crippen LogP contribution in [-0.4, -0.2) is 55.6 Å². The van der Waals surface area contributed by atoms with Crippen molar-refractivity contribution in [1.29, 1.82) is 0 Å². The number of nitrogens with zero attached hydrogens (tertiary/aromatic N) is 2. The minimum atomic E-state index is -0.449. The van der Waals surface area contributed by atoms with Crippen LogP contribution in [-0.2, 0) is 9.53 Å². The van der Waals surface area contributed by atoms with Crippen molar-refractivity contribution < 1.29 is 14.5 Å². The Morgan fingerprint density at radius 1 is 1.30 bits per heavy atom. The Hall–Kier alpha value is -2.71. The van der Waals surface area contributed by atoms with Crippen LogP contribution in [0.4, 0.5) is 5.69 Å². The highest BCUT2D eigenvalue weighted by Crippen LogP contribution is 2.34. The standard InChI is InChI=1S/C15H16N2O4.C7H16N2/c1-9-7-13(14(10(2)16-9)15(18)21-3)11-5-4-6-12(8-11)17(19)20;1-2-5-9-6-3-8-4-7-9/h4-8,13,16H,1-3H3;8H,2-7H2,1H3. The lowest BCUT2D eigenvalue weighted by molar-refractivity contribution is -0.384. The van der Waals surface area contributed by atoms with Crippen LogP contribution in [0.25, 0.3) is 0 Å². The van der Waals surface area contributed by atoms with Crippen molar-refractivity contribution in [3.05, 3.63) is 63.0 Å². The molecule has 1 fully saturated rings. The van der Waals surface area contributed by atoms with E-state index in [-0.39, 0.29) is 11.6 Å². The van der Waals surface area contributed by atoms with Crippen molar-refractivity contribution in [2.75, 3.05) is 39.8 Å². The van der Waals surface area contributed by atoms with Gasteiger partial charge in [-0.2, -0.15) is 0 Å². The number of rotatable bonds is 5. The molecule has 0 amide bonds. The number of nitro benzene ring substituents is 1. The molecular weight excluding hydrogens is 384 g/mol. The topological polar surface area (TPSA) is 96.7 Å². The van der Waals surface area contributed by atoms with Gasteiger partial charge in [-0.1, -0.05) is 25.1 Å². The molecule has 8 nitrogen and oxygen atoms in total. The number of non-ortho nitro benzene ring substituents is 1. The lowest BCUT2D eigenvalue weighted by Gasteiger charge is -2.26. The van der Waals surface area contributed by atoms with Crippen molar-refractivity contribution in [2.24, 2.45) is 0 Å². The third-order valence-electron chi connectivity index (χ3n) is 5.11. The van der Waals surface area contributed by atoms with E-state index in [4.69, 9.17) is 4.74 Å². The van der Waals surface area contributed by atoms with Crippen LogP contribution >= 0.6 is 0 Å². The fourth-order valence-electron chi connectivity index (χ4n) is 3.71. The number of nitrogens with one attached hydrogen (secondary N) is 2. The van der Waals surface area contributed by atoms with Gasteiger partial charge in [-0.25, -0.2) is 4.79 Å². The first kappa shape index (κ1) is 23.6. The quantitative estimate of drug-likeness (QED) is 0.433. The average molecular weight is 417 g/mol. The molecule has 1 unspecified atom stereocenters. The number of methoxy groups -OCH3 is 1. The number of hydrogen-bond donors (Lipinski definition) is 2. The molecule has 0 bridgehead atoms. The van der Waals surface area contributed by atoms with Gasteiger partial charge in [0.05, 0.1) is 17.6 Å². The molecule has 0 radical (unpaired) electrons. The molecule has 164 valence electrons. The highest BCUT2D eigenvalue weighted by Gasteiger charge is 2.28. The number of nitro groups is 1. The molecule has 0 aliphatic carbocycles. The van der Waals surface area contributed by atoms with Crippen LogP contribution in [0.2, 0.25) is 0 Å². The van der Waals surface area contributed by atoms with Gasteiger partial charge in [0.15, 0.2) is 0 Å². The number of allylic oxidation sites excluding steroid dienone is 3. The Kier molecular flexibility index (Phi) is 9.01. The van der Waals surface area contributed by atoms with E-state index in [0.717, 1.165) is 5.70 Å². The van der Waals surface area contributed by atoms with Gasteiger partial charge in [-0.15, -0.1) is 0 Å². The molecule has 1 atom stereocenters. The van der Waals surface area contributed by atoms with Crippen LogP contribution in [0.3, 0.4) is 0 Å². The third-order valence-corrected chi connectivity index (χ3v) is 5.11. The maximum atomic E-state index is 12.0. The molecule has 2 N–H and O–H groups in total. The van der Waals surface area contributed by atoms with Gasteiger partial charge in [0.2, 0.25) is 0 Å². The molecule has 0 spiro atoms. The van der Waals surface area contributed by atoms with Gasteiger partial charge < -0.3 is 20.3 Å². The Balaban J connectivity index is 0.000000297. The predicted molar refractivity (Wildman–Crippen MR) is 117 cm³/mol. The Bertz CT molecular complexity index is 810. The van der Waals surface area contributed by atoms with E-state index >= 15 is 0 Å². The van der Waals surface area contributed by atoms with Crippen molar-refractivity contribution in [1.82, 2.24) is 15.5 Å². The molecule has 30 heavy (non-hydrogen) atoms. The normalized spacial score (nSPS) is 19.2. The van der Waals surface area contributed by atoms with E-state index in [1.165, 1.54) is 58.4 Å². The van der Waals surface area contributed by atoms with Crippen molar-refractivity contribution >= 4 is 11.7 Å². The maximum absolute atomic E-state index is 12.0. The molecule has 1 aromatic rings. The summed E-state index contributed by atoms with van der Waals surface area (Å²) in [5, 5.41) is 17.3. The molecular formula is C22H32N4O4. The molecule has 2 aliphatic rings. The first-order valence-corrected chi connectivity index (χ1v) is 10.3. The number of carbonyl (C=O) groups is 1. The minimum Gasteiger partial charge on any atom is -0.466 e. The van der Waals surface area contributed by atoms with Crippen LogP contribution in [0.5, 0.6) is 0 Å². The summed E-state index contributed by atoms with van der Waals surface area (Å²) < 4.78 is 4.82. The number of piperazine rings is 1. The SMILES string of the molecule is CCCN1CCNCC1.COC(=O)C1=C(C)NC(C)=CC1c1cccc([N+](=O)[O-])c1. The summed E-state index contributed by atoms with van der Waals surface area (Å²) in [6.45, 7) is 12.0. The van der Waals surface area contributed by atoms with E-state index in [1.807, 2.05) is 13.0 Å². The monoisotopic (exact) mass is 416 g/mol. The van der Waals surface area contributed by atoms with Crippen LogP contribution in [0.1, 0.15) is 38.7 Å². The zero-order chi connectivity index (χ0) is 22.1. The van der Waals surface area contributed by atoms with Gasteiger partial charge >= 0.3 is 5.97 Å². The number of benzene rings is 1. The Labute approximate surface area is 178 Å². The summed E-state index contributed by atoms with van der Waals surface area (Å²) >= 11 is 0. The summed E-state index contributed by atoms with van der Waals surface area (Å²) in [5.74, 6) is -0.807. The number of ether oxygens (including phenoxy) is 1. The fraction of sp³-hybridized carbons (Fsp3) is 0.500. The van der Waals surface area contributed by atoms with Gasteiger partial charge in [0, 0.05) is 55.6 Å². The number of hydrogen-bond acceptors (Lipinski definition) is 7. The third kappa shape index (κ3) is 6.40. The minimum absolute atomic E-state index is 0.000968. The second-order valence-electron chi connectivity index (χ2n) is 7.43. The molecule has 2 aliphatic heterocycles. The van der Waals surface area contributed by atoms with E-state index < -0.39 is 10.9 Å². The second-order valence-corrected chi connectivity index (χ2v) is 7.43. The highest BCUT2D eigenvalue weighted by molar-refractivity contribution is 5.92. The fourth-order valence-corrected chi connectivity index (χ4v) is 3.71. The van der Waals surface area contributed by atoms with Crippen LogP contribution < -0.4 is 10.6 Å². The summed E-state index contributed by atoms with van der Waals surface area (Å²) in [6, 6.07) is 6.29. The lowest BCUT2D eigenvalue weighted by Crippen LogP contribution is -2.43. The average Bonchev–Trinajstić information content (AvgIpc) is 2.74. The van der Waals surface area contributed by atoms with Crippen LogP contribution in [0.15, 0.2) is 47.3 Å². The number of esters is 1.